The highest BCUT2D eigenvalue weighted by atomic mass is 32.2. The van der Waals surface area contributed by atoms with Gasteiger partial charge in [-0.05, 0) is 31.9 Å². The molecule has 1 fully saturated rings. The zero-order chi connectivity index (χ0) is 19.4. The molecule has 9 heteroatoms. The van der Waals surface area contributed by atoms with Crippen molar-refractivity contribution in [3.8, 4) is 11.8 Å². The molecule has 1 aromatic heterocycles. The number of ketones is 1. The lowest BCUT2D eigenvalue weighted by molar-refractivity contribution is 0.101. The summed E-state index contributed by atoms with van der Waals surface area (Å²) in [5.41, 5.74) is 0.368. The number of benzene rings is 1. The number of hydrogen-bond acceptors (Lipinski definition) is 7. The first-order valence-electron chi connectivity index (χ1n) is 8.54. The van der Waals surface area contributed by atoms with Crippen molar-refractivity contribution >= 4 is 15.8 Å². The zero-order valence-electron chi connectivity index (χ0n) is 15.2. The predicted molar refractivity (Wildman–Crippen MR) is 97.4 cm³/mol. The summed E-state index contributed by atoms with van der Waals surface area (Å²) in [6.45, 7) is 2.01. The van der Waals surface area contributed by atoms with Gasteiger partial charge in [0.05, 0.1) is 30.9 Å². The van der Waals surface area contributed by atoms with Crippen molar-refractivity contribution in [3.05, 3.63) is 42.2 Å². The molecule has 1 atom stereocenters. The number of carbonyl (C=O) groups excluding carboxylic acids is 1. The number of ether oxygens (including phenoxy) is 2. The van der Waals surface area contributed by atoms with Crippen LogP contribution in [0.5, 0.6) is 11.8 Å². The van der Waals surface area contributed by atoms with Gasteiger partial charge in [0.2, 0.25) is 21.8 Å². The van der Waals surface area contributed by atoms with Gasteiger partial charge in [0.15, 0.2) is 5.78 Å². The SMILES string of the molecule is COc1cncc(OC2CCCN(S(=O)(=O)c3cccc(C(C)=O)c3)C2)n1. The normalized spacial score (nSPS) is 18.1. The Kier molecular flexibility index (Phi) is 5.71. The fourth-order valence-corrected chi connectivity index (χ4v) is 4.46. The predicted octanol–water partition coefficient (Wildman–Crippen LogP) is 1.92. The highest BCUT2D eigenvalue weighted by Crippen LogP contribution is 2.24. The molecule has 1 saturated heterocycles. The van der Waals surface area contributed by atoms with E-state index in [1.54, 1.807) is 12.1 Å². The first kappa shape index (κ1) is 19.2. The minimum Gasteiger partial charge on any atom is -0.480 e. The maximum Gasteiger partial charge on any atom is 0.243 e. The Morgan fingerprint density at radius 1 is 1.26 bits per heavy atom. The molecule has 0 spiro atoms. The summed E-state index contributed by atoms with van der Waals surface area (Å²) in [5.74, 6) is 0.439. The summed E-state index contributed by atoms with van der Waals surface area (Å²) in [5, 5.41) is 0. The average Bonchev–Trinajstić information content (AvgIpc) is 2.68. The van der Waals surface area contributed by atoms with E-state index in [1.807, 2.05) is 0 Å². The lowest BCUT2D eigenvalue weighted by atomic mass is 10.1. The third-order valence-electron chi connectivity index (χ3n) is 4.31. The molecule has 27 heavy (non-hydrogen) atoms. The van der Waals surface area contributed by atoms with Gasteiger partial charge >= 0.3 is 0 Å². The van der Waals surface area contributed by atoms with Gasteiger partial charge in [-0.15, -0.1) is 0 Å². The maximum absolute atomic E-state index is 13.0. The van der Waals surface area contributed by atoms with Crippen LogP contribution in [0.25, 0.3) is 0 Å². The van der Waals surface area contributed by atoms with Gasteiger partial charge in [-0.2, -0.15) is 9.29 Å². The monoisotopic (exact) mass is 391 g/mol. The lowest BCUT2D eigenvalue weighted by Crippen LogP contribution is -2.44. The Morgan fingerprint density at radius 2 is 2.04 bits per heavy atom. The van der Waals surface area contributed by atoms with Crippen LogP contribution < -0.4 is 9.47 Å². The zero-order valence-corrected chi connectivity index (χ0v) is 16.0. The molecule has 3 rings (SSSR count). The second kappa shape index (κ2) is 8.01. The van der Waals surface area contributed by atoms with Crippen molar-refractivity contribution in [2.24, 2.45) is 0 Å². The Balaban J connectivity index is 1.76. The van der Waals surface area contributed by atoms with E-state index in [2.05, 4.69) is 9.97 Å². The van der Waals surface area contributed by atoms with Crippen LogP contribution in [-0.2, 0) is 10.0 Å². The molecular weight excluding hydrogens is 370 g/mol. The topological polar surface area (TPSA) is 98.7 Å². The van der Waals surface area contributed by atoms with Crippen molar-refractivity contribution < 1.29 is 22.7 Å². The quantitative estimate of drug-likeness (QED) is 0.694. The van der Waals surface area contributed by atoms with Gasteiger partial charge in [-0.1, -0.05) is 12.1 Å². The summed E-state index contributed by atoms with van der Waals surface area (Å²) in [6, 6.07) is 6.09. The molecule has 0 bridgehead atoms. The minimum atomic E-state index is -3.72. The molecule has 1 aliphatic heterocycles. The number of hydrogen-bond donors (Lipinski definition) is 0. The van der Waals surface area contributed by atoms with Crippen LogP contribution in [0.3, 0.4) is 0 Å². The van der Waals surface area contributed by atoms with Gasteiger partial charge in [-0.25, -0.2) is 8.42 Å². The number of aromatic nitrogens is 2. The van der Waals surface area contributed by atoms with E-state index in [0.29, 0.717) is 30.8 Å². The van der Waals surface area contributed by atoms with E-state index in [1.165, 1.54) is 42.9 Å². The molecule has 0 aliphatic carbocycles. The standard InChI is InChI=1S/C18H21N3O5S/c1-13(22)14-5-3-7-16(9-14)27(23,24)21-8-4-6-15(12-21)26-18-11-19-10-17(20-18)25-2/h3,5,7,9-11,15H,4,6,8,12H2,1-2H3. The van der Waals surface area contributed by atoms with E-state index in [4.69, 9.17) is 9.47 Å². The third-order valence-corrected chi connectivity index (χ3v) is 6.17. The molecule has 144 valence electrons. The van der Waals surface area contributed by atoms with Crippen LogP contribution in [-0.4, -0.2) is 54.8 Å². The number of piperidine rings is 1. The highest BCUT2D eigenvalue weighted by Gasteiger charge is 2.31. The van der Waals surface area contributed by atoms with E-state index < -0.39 is 10.0 Å². The van der Waals surface area contributed by atoms with Gasteiger partial charge in [0.25, 0.3) is 0 Å². The summed E-state index contributed by atoms with van der Waals surface area (Å²) >= 11 is 0. The van der Waals surface area contributed by atoms with E-state index in [9.17, 15) is 13.2 Å². The van der Waals surface area contributed by atoms with Crippen molar-refractivity contribution in [3.63, 3.8) is 0 Å². The summed E-state index contributed by atoms with van der Waals surface area (Å²) in [6.07, 6.45) is 3.95. The first-order chi connectivity index (χ1) is 12.9. The number of rotatable bonds is 6. The van der Waals surface area contributed by atoms with E-state index in [-0.39, 0.29) is 29.2 Å². The smallest absolute Gasteiger partial charge is 0.243 e. The van der Waals surface area contributed by atoms with Crippen LogP contribution in [0, 0.1) is 0 Å². The fourth-order valence-electron chi connectivity index (χ4n) is 2.90. The highest BCUT2D eigenvalue weighted by molar-refractivity contribution is 7.89. The molecular formula is C18H21N3O5S. The molecule has 1 unspecified atom stereocenters. The first-order valence-corrected chi connectivity index (χ1v) is 9.98. The molecule has 0 N–H and O–H groups in total. The van der Waals surface area contributed by atoms with E-state index in [0.717, 1.165) is 0 Å². The van der Waals surface area contributed by atoms with Gasteiger partial charge in [-0.3, -0.25) is 9.78 Å². The molecule has 0 amide bonds. The molecule has 0 saturated carbocycles. The van der Waals surface area contributed by atoms with Crippen molar-refractivity contribution in [2.75, 3.05) is 20.2 Å². The van der Waals surface area contributed by atoms with Crippen LogP contribution in [0.1, 0.15) is 30.1 Å². The molecule has 2 heterocycles. The molecule has 8 nitrogen and oxygen atoms in total. The third kappa shape index (κ3) is 4.42. The summed E-state index contributed by atoms with van der Waals surface area (Å²) < 4.78 is 38.2. The van der Waals surface area contributed by atoms with Crippen molar-refractivity contribution in [2.45, 2.75) is 30.8 Å². The van der Waals surface area contributed by atoms with Crippen LogP contribution in [0.15, 0.2) is 41.6 Å². The summed E-state index contributed by atoms with van der Waals surface area (Å²) in [4.78, 5) is 19.8. The van der Waals surface area contributed by atoms with Crippen molar-refractivity contribution in [1.29, 1.82) is 0 Å². The number of nitrogens with zero attached hydrogens (tertiary/aromatic N) is 3. The molecule has 1 aliphatic rings. The maximum atomic E-state index is 13.0. The van der Waals surface area contributed by atoms with Crippen LogP contribution in [0.4, 0.5) is 0 Å². The summed E-state index contributed by atoms with van der Waals surface area (Å²) in [7, 11) is -2.23. The molecule has 0 radical (unpaired) electrons. The van der Waals surface area contributed by atoms with Crippen LogP contribution >= 0.6 is 0 Å². The second-order valence-corrected chi connectivity index (χ2v) is 8.17. The number of carbonyl (C=O) groups is 1. The Bertz CT molecular complexity index is 932. The van der Waals surface area contributed by atoms with E-state index >= 15 is 0 Å². The Hall–Kier alpha value is -2.52. The number of Topliss-reactive ketones (excluding diaryl/α,β-unsaturated/α-hetero) is 1. The Morgan fingerprint density at radius 3 is 2.78 bits per heavy atom. The van der Waals surface area contributed by atoms with Crippen molar-refractivity contribution in [1.82, 2.24) is 14.3 Å². The van der Waals surface area contributed by atoms with Gasteiger partial charge in [0.1, 0.15) is 6.10 Å². The minimum absolute atomic E-state index is 0.108. The largest absolute Gasteiger partial charge is 0.480 e. The van der Waals surface area contributed by atoms with Crippen LogP contribution in [0.2, 0.25) is 0 Å². The van der Waals surface area contributed by atoms with Gasteiger partial charge < -0.3 is 9.47 Å². The fraction of sp³-hybridized carbons (Fsp3) is 0.389. The Labute approximate surface area is 158 Å². The average molecular weight is 391 g/mol. The molecule has 2 aromatic rings. The van der Waals surface area contributed by atoms with Gasteiger partial charge in [0, 0.05) is 12.1 Å². The second-order valence-electron chi connectivity index (χ2n) is 6.23. The number of methoxy groups -OCH3 is 1. The number of sulfonamides is 1. The lowest BCUT2D eigenvalue weighted by Gasteiger charge is -2.31. The molecule has 1 aromatic carbocycles.